The van der Waals surface area contributed by atoms with Crippen LogP contribution in [0.5, 0.6) is 0 Å². The fourth-order valence-electron chi connectivity index (χ4n) is 1.86. The zero-order valence-corrected chi connectivity index (χ0v) is 7.39. The molecule has 1 aromatic heterocycles. The lowest BCUT2D eigenvalue weighted by molar-refractivity contribution is -0.118. The van der Waals surface area contributed by atoms with E-state index in [1.165, 1.54) is 5.56 Å². The van der Waals surface area contributed by atoms with Crippen molar-refractivity contribution >= 4 is 6.41 Å². The molecular formula is C10H12N2O. The maximum atomic E-state index is 10.7. The number of aromatic nitrogens is 1. The highest BCUT2D eigenvalue weighted by atomic mass is 16.1. The van der Waals surface area contributed by atoms with Crippen molar-refractivity contribution in [1.82, 2.24) is 9.88 Å². The van der Waals surface area contributed by atoms with Crippen LogP contribution >= 0.6 is 0 Å². The summed E-state index contributed by atoms with van der Waals surface area (Å²) >= 11 is 0. The molecule has 0 aliphatic carbocycles. The van der Waals surface area contributed by atoms with Crippen molar-refractivity contribution < 1.29 is 4.79 Å². The van der Waals surface area contributed by atoms with E-state index in [0.29, 0.717) is 0 Å². The summed E-state index contributed by atoms with van der Waals surface area (Å²) in [4.78, 5) is 16.5. The van der Waals surface area contributed by atoms with Crippen molar-refractivity contribution in [2.24, 2.45) is 0 Å². The van der Waals surface area contributed by atoms with Gasteiger partial charge < -0.3 is 4.90 Å². The number of carbonyl (C=O) groups is 1. The van der Waals surface area contributed by atoms with E-state index in [0.717, 1.165) is 25.8 Å². The second-order valence-corrected chi connectivity index (χ2v) is 3.28. The third kappa shape index (κ3) is 1.54. The predicted molar refractivity (Wildman–Crippen MR) is 49.0 cm³/mol. The standard InChI is InChI=1S/C10H12N2O/c13-8-12-7-1-2-10(12)9-3-5-11-6-4-9/h3-6,8,10H,1-2,7H2/t10-/m0/s1. The Morgan fingerprint density at radius 1 is 1.46 bits per heavy atom. The van der Waals surface area contributed by atoms with Gasteiger partial charge in [0.1, 0.15) is 0 Å². The van der Waals surface area contributed by atoms with Gasteiger partial charge >= 0.3 is 0 Å². The summed E-state index contributed by atoms with van der Waals surface area (Å²) in [5, 5.41) is 0. The van der Waals surface area contributed by atoms with Gasteiger partial charge in [0.15, 0.2) is 0 Å². The zero-order chi connectivity index (χ0) is 9.10. The Bertz CT molecular complexity index is 286. The Hall–Kier alpha value is -1.38. The monoisotopic (exact) mass is 176 g/mol. The lowest BCUT2D eigenvalue weighted by atomic mass is 10.1. The molecule has 0 N–H and O–H groups in total. The van der Waals surface area contributed by atoms with Crippen LogP contribution in [0.15, 0.2) is 24.5 Å². The molecule has 0 radical (unpaired) electrons. The van der Waals surface area contributed by atoms with Gasteiger partial charge in [-0.15, -0.1) is 0 Å². The van der Waals surface area contributed by atoms with Crippen LogP contribution < -0.4 is 0 Å². The molecule has 1 amide bonds. The molecule has 1 saturated heterocycles. The van der Waals surface area contributed by atoms with Crippen LogP contribution in [0.1, 0.15) is 24.4 Å². The predicted octanol–water partition coefficient (Wildman–Crippen LogP) is 1.37. The Morgan fingerprint density at radius 3 is 2.92 bits per heavy atom. The molecule has 13 heavy (non-hydrogen) atoms. The summed E-state index contributed by atoms with van der Waals surface area (Å²) in [6.07, 6.45) is 6.67. The highest BCUT2D eigenvalue weighted by Gasteiger charge is 2.23. The molecule has 3 nitrogen and oxygen atoms in total. The Morgan fingerprint density at radius 2 is 2.23 bits per heavy atom. The molecule has 0 saturated carbocycles. The molecule has 0 bridgehead atoms. The number of pyridine rings is 1. The number of hydrogen-bond donors (Lipinski definition) is 0. The van der Waals surface area contributed by atoms with Gasteiger partial charge in [-0.3, -0.25) is 9.78 Å². The van der Waals surface area contributed by atoms with Crippen molar-refractivity contribution in [2.45, 2.75) is 18.9 Å². The van der Waals surface area contributed by atoms with Crippen LogP contribution in [0.3, 0.4) is 0 Å². The van der Waals surface area contributed by atoms with Gasteiger partial charge in [0.05, 0.1) is 6.04 Å². The van der Waals surface area contributed by atoms with Crippen molar-refractivity contribution in [3.8, 4) is 0 Å². The van der Waals surface area contributed by atoms with Gasteiger partial charge in [-0.25, -0.2) is 0 Å². The van der Waals surface area contributed by atoms with Crippen LogP contribution in [-0.4, -0.2) is 22.8 Å². The molecule has 2 rings (SSSR count). The van der Waals surface area contributed by atoms with Gasteiger partial charge in [0, 0.05) is 18.9 Å². The first-order valence-electron chi connectivity index (χ1n) is 4.53. The van der Waals surface area contributed by atoms with E-state index in [9.17, 15) is 4.79 Å². The average molecular weight is 176 g/mol. The first-order valence-corrected chi connectivity index (χ1v) is 4.53. The minimum atomic E-state index is 0.278. The molecule has 1 aliphatic heterocycles. The van der Waals surface area contributed by atoms with E-state index in [1.807, 2.05) is 17.0 Å². The highest BCUT2D eigenvalue weighted by Crippen LogP contribution is 2.29. The molecule has 0 unspecified atom stereocenters. The summed E-state index contributed by atoms with van der Waals surface area (Å²) in [5.41, 5.74) is 1.19. The maximum Gasteiger partial charge on any atom is 0.210 e. The molecule has 68 valence electrons. The van der Waals surface area contributed by atoms with E-state index < -0.39 is 0 Å². The number of rotatable bonds is 2. The number of carbonyl (C=O) groups excluding carboxylic acids is 1. The third-order valence-corrected chi connectivity index (χ3v) is 2.52. The highest BCUT2D eigenvalue weighted by molar-refractivity contribution is 5.49. The van der Waals surface area contributed by atoms with E-state index in [2.05, 4.69) is 4.98 Å². The number of hydrogen-bond acceptors (Lipinski definition) is 2. The summed E-state index contributed by atoms with van der Waals surface area (Å²) in [5.74, 6) is 0. The molecular weight excluding hydrogens is 164 g/mol. The second kappa shape index (κ2) is 3.56. The summed E-state index contributed by atoms with van der Waals surface area (Å²) in [6, 6.07) is 4.24. The molecule has 3 heteroatoms. The zero-order valence-electron chi connectivity index (χ0n) is 7.39. The van der Waals surface area contributed by atoms with Gasteiger partial charge in [-0.05, 0) is 30.5 Å². The number of likely N-dealkylation sites (tertiary alicyclic amines) is 1. The molecule has 0 spiro atoms. The fourth-order valence-corrected chi connectivity index (χ4v) is 1.86. The third-order valence-electron chi connectivity index (χ3n) is 2.52. The van der Waals surface area contributed by atoms with Gasteiger partial charge in [-0.2, -0.15) is 0 Å². The van der Waals surface area contributed by atoms with Gasteiger partial charge in [-0.1, -0.05) is 0 Å². The molecule has 0 aromatic carbocycles. The van der Waals surface area contributed by atoms with Crippen LogP contribution in [0.4, 0.5) is 0 Å². The maximum absolute atomic E-state index is 10.7. The summed E-state index contributed by atoms with van der Waals surface area (Å²) < 4.78 is 0. The van der Waals surface area contributed by atoms with Crippen LogP contribution in [0.25, 0.3) is 0 Å². The molecule has 1 atom stereocenters. The lowest BCUT2D eigenvalue weighted by Crippen LogP contribution is -2.20. The molecule has 1 fully saturated rings. The van der Waals surface area contributed by atoms with Crippen molar-refractivity contribution in [1.29, 1.82) is 0 Å². The Labute approximate surface area is 77.4 Å². The van der Waals surface area contributed by atoms with E-state index in [4.69, 9.17) is 0 Å². The van der Waals surface area contributed by atoms with E-state index >= 15 is 0 Å². The van der Waals surface area contributed by atoms with E-state index in [-0.39, 0.29) is 6.04 Å². The minimum absolute atomic E-state index is 0.278. The Kier molecular flexibility index (Phi) is 2.25. The minimum Gasteiger partial charge on any atom is -0.338 e. The first kappa shape index (κ1) is 8.23. The topological polar surface area (TPSA) is 33.2 Å². The fraction of sp³-hybridized carbons (Fsp3) is 0.400. The largest absolute Gasteiger partial charge is 0.338 e. The molecule has 1 aliphatic rings. The SMILES string of the molecule is O=CN1CCC[C@H]1c1ccncc1. The first-order chi connectivity index (χ1) is 6.42. The van der Waals surface area contributed by atoms with Gasteiger partial charge in [0.25, 0.3) is 0 Å². The Balaban J connectivity index is 2.21. The smallest absolute Gasteiger partial charge is 0.210 e. The van der Waals surface area contributed by atoms with Crippen molar-refractivity contribution in [3.05, 3.63) is 30.1 Å². The van der Waals surface area contributed by atoms with Crippen LogP contribution in [0.2, 0.25) is 0 Å². The average Bonchev–Trinajstić information content (AvgIpc) is 2.67. The van der Waals surface area contributed by atoms with Crippen LogP contribution in [-0.2, 0) is 4.79 Å². The van der Waals surface area contributed by atoms with Gasteiger partial charge in [0.2, 0.25) is 6.41 Å². The lowest BCUT2D eigenvalue weighted by Gasteiger charge is -2.19. The molecule has 2 heterocycles. The normalized spacial score (nSPS) is 21.8. The number of nitrogens with zero attached hydrogens (tertiary/aromatic N) is 2. The van der Waals surface area contributed by atoms with Crippen molar-refractivity contribution in [2.75, 3.05) is 6.54 Å². The second-order valence-electron chi connectivity index (χ2n) is 3.28. The van der Waals surface area contributed by atoms with Crippen molar-refractivity contribution in [3.63, 3.8) is 0 Å². The molecule has 1 aromatic rings. The number of amides is 1. The summed E-state index contributed by atoms with van der Waals surface area (Å²) in [7, 11) is 0. The summed E-state index contributed by atoms with van der Waals surface area (Å²) in [6.45, 7) is 0.885. The van der Waals surface area contributed by atoms with Crippen LogP contribution in [0, 0.1) is 0 Å². The van der Waals surface area contributed by atoms with E-state index in [1.54, 1.807) is 12.4 Å². The quantitative estimate of drug-likeness (QED) is 0.638.